The summed E-state index contributed by atoms with van der Waals surface area (Å²) in [4.78, 5) is 24.1. The van der Waals surface area contributed by atoms with Crippen molar-refractivity contribution in [2.45, 2.75) is 20.4 Å². The molecule has 0 aliphatic rings. The quantitative estimate of drug-likeness (QED) is 0.646. The highest BCUT2D eigenvalue weighted by Crippen LogP contribution is 2.22. The van der Waals surface area contributed by atoms with Crippen molar-refractivity contribution in [3.05, 3.63) is 81.1 Å². The van der Waals surface area contributed by atoms with Gasteiger partial charge < -0.3 is 10.1 Å². The Kier molecular flexibility index (Phi) is 6.67. The Morgan fingerprint density at radius 1 is 1.07 bits per heavy atom. The van der Waals surface area contributed by atoms with E-state index in [4.69, 9.17) is 16.3 Å². The van der Waals surface area contributed by atoms with E-state index in [0.717, 1.165) is 22.4 Å². The number of nitrogens with one attached hydrogen (secondary N) is 1. The van der Waals surface area contributed by atoms with E-state index in [1.165, 1.54) is 10.7 Å². The first-order valence-corrected chi connectivity index (χ1v) is 9.61. The maximum Gasteiger partial charge on any atom is 0.266 e. The summed E-state index contributed by atoms with van der Waals surface area (Å²) in [5.41, 5.74) is 3.24. The summed E-state index contributed by atoms with van der Waals surface area (Å²) >= 11 is 5.91. The van der Waals surface area contributed by atoms with Crippen molar-refractivity contribution in [1.29, 1.82) is 0 Å². The zero-order chi connectivity index (χ0) is 20.8. The lowest BCUT2D eigenvalue weighted by molar-refractivity contribution is -0.123. The smallest absolute Gasteiger partial charge is 0.266 e. The Morgan fingerprint density at radius 3 is 2.45 bits per heavy atom. The molecule has 1 aromatic heterocycles. The topological polar surface area (TPSA) is 73.2 Å². The fourth-order valence-electron chi connectivity index (χ4n) is 2.90. The van der Waals surface area contributed by atoms with Crippen LogP contribution >= 0.6 is 11.6 Å². The van der Waals surface area contributed by atoms with E-state index in [-0.39, 0.29) is 31.2 Å². The van der Waals surface area contributed by atoms with Crippen LogP contribution in [-0.4, -0.2) is 28.8 Å². The van der Waals surface area contributed by atoms with E-state index in [9.17, 15) is 9.59 Å². The standard InChI is InChI=1S/C22H22ClN3O3/c1-15-4-3-5-16(2)22(15)29-14-20(27)24-12-13-26-21(28)11-10-19(25-26)17-6-8-18(23)9-7-17/h3-11H,12-14H2,1-2H3,(H,24,27). The summed E-state index contributed by atoms with van der Waals surface area (Å²) in [5, 5.41) is 7.75. The van der Waals surface area contributed by atoms with Crippen molar-refractivity contribution >= 4 is 17.5 Å². The molecule has 1 N–H and O–H groups in total. The van der Waals surface area contributed by atoms with Gasteiger partial charge in [-0.1, -0.05) is 41.9 Å². The van der Waals surface area contributed by atoms with Crippen LogP contribution in [0.25, 0.3) is 11.3 Å². The lowest BCUT2D eigenvalue weighted by Gasteiger charge is -2.12. The highest BCUT2D eigenvalue weighted by Gasteiger charge is 2.08. The first-order chi connectivity index (χ1) is 13.9. The van der Waals surface area contributed by atoms with E-state index in [1.807, 2.05) is 44.2 Å². The minimum atomic E-state index is -0.255. The maximum absolute atomic E-state index is 12.1. The molecule has 0 aliphatic heterocycles. The number of ether oxygens (including phenoxy) is 1. The van der Waals surface area contributed by atoms with Crippen LogP contribution in [0.1, 0.15) is 11.1 Å². The molecule has 0 saturated heterocycles. The van der Waals surface area contributed by atoms with E-state index in [1.54, 1.807) is 18.2 Å². The number of halogens is 1. The molecule has 0 unspecified atom stereocenters. The normalized spacial score (nSPS) is 10.6. The molecule has 7 heteroatoms. The number of carbonyl (C=O) groups is 1. The van der Waals surface area contributed by atoms with Gasteiger partial charge in [-0.3, -0.25) is 9.59 Å². The second-order valence-electron chi connectivity index (χ2n) is 6.65. The van der Waals surface area contributed by atoms with Gasteiger partial charge in [0.05, 0.1) is 12.2 Å². The predicted molar refractivity (Wildman–Crippen MR) is 113 cm³/mol. The monoisotopic (exact) mass is 411 g/mol. The number of aromatic nitrogens is 2. The third-order valence-electron chi connectivity index (χ3n) is 4.41. The van der Waals surface area contributed by atoms with Gasteiger partial charge in [0.25, 0.3) is 11.5 Å². The number of aryl methyl sites for hydroxylation is 2. The predicted octanol–water partition coefficient (Wildman–Crippen LogP) is 3.38. The molecule has 0 atom stereocenters. The lowest BCUT2D eigenvalue weighted by Crippen LogP contribution is -2.34. The third-order valence-corrected chi connectivity index (χ3v) is 4.66. The summed E-state index contributed by atoms with van der Waals surface area (Å²) in [7, 11) is 0. The summed E-state index contributed by atoms with van der Waals surface area (Å²) in [6.07, 6.45) is 0. The first-order valence-electron chi connectivity index (χ1n) is 9.24. The van der Waals surface area contributed by atoms with Gasteiger partial charge in [0.2, 0.25) is 0 Å². The van der Waals surface area contributed by atoms with Crippen LogP contribution in [0, 0.1) is 13.8 Å². The van der Waals surface area contributed by atoms with Crippen LogP contribution in [0.4, 0.5) is 0 Å². The third kappa shape index (κ3) is 5.45. The second kappa shape index (κ2) is 9.39. The Hall–Kier alpha value is -3.12. The fraction of sp³-hybridized carbons (Fsp3) is 0.227. The molecular weight excluding hydrogens is 390 g/mol. The van der Waals surface area contributed by atoms with Crippen LogP contribution in [-0.2, 0) is 11.3 Å². The number of carbonyl (C=O) groups excluding carboxylic acids is 1. The molecule has 3 aromatic rings. The zero-order valence-electron chi connectivity index (χ0n) is 16.3. The van der Waals surface area contributed by atoms with Crippen LogP contribution in [0.15, 0.2) is 59.4 Å². The molecule has 0 radical (unpaired) electrons. The number of rotatable bonds is 7. The van der Waals surface area contributed by atoms with Gasteiger partial charge >= 0.3 is 0 Å². The van der Waals surface area contributed by atoms with Crippen LogP contribution in [0.3, 0.4) is 0 Å². The van der Waals surface area contributed by atoms with Gasteiger partial charge in [-0.15, -0.1) is 0 Å². The number of hydrogen-bond acceptors (Lipinski definition) is 4. The van der Waals surface area contributed by atoms with Crippen molar-refractivity contribution in [2.75, 3.05) is 13.2 Å². The molecule has 1 amide bonds. The molecule has 0 bridgehead atoms. The van der Waals surface area contributed by atoms with E-state index in [2.05, 4.69) is 10.4 Å². The largest absolute Gasteiger partial charge is 0.483 e. The van der Waals surface area contributed by atoms with Gasteiger partial charge in [0.1, 0.15) is 5.75 Å². The second-order valence-corrected chi connectivity index (χ2v) is 7.08. The van der Waals surface area contributed by atoms with Crippen molar-refractivity contribution in [3.8, 4) is 17.0 Å². The molecule has 1 heterocycles. The SMILES string of the molecule is Cc1cccc(C)c1OCC(=O)NCCn1nc(-c2ccc(Cl)cc2)ccc1=O. The molecule has 0 spiro atoms. The van der Waals surface area contributed by atoms with Crippen molar-refractivity contribution in [1.82, 2.24) is 15.1 Å². The molecule has 29 heavy (non-hydrogen) atoms. The van der Waals surface area contributed by atoms with Gasteiger partial charge in [-0.2, -0.15) is 5.10 Å². The summed E-state index contributed by atoms with van der Waals surface area (Å²) in [6, 6.07) is 16.2. The average Bonchev–Trinajstić information content (AvgIpc) is 2.70. The molecule has 0 saturated carbocycles. The lowest BCUT2D eigenvalue weighted by atomic mass is 10.1. The molecule has 0 fully saturated rings. The number of para-hydroxylation sites is 1. The Labute approximate surface area is 174 Å². The summed E-state index contributed by atoms with van der Waals surface area (Å²) in [5.74, 6) is 0.464. The van der Waals surface area contributed by atoms with E-state index >= 15 is 0 Å². The first kappa shape index (κ1) is 20.6. The molecule has 3 rings (SSSR count). The highest BCUT2D eigenvalue weighted by atomic mass is 35.5. The van der Waals surface area contributed by atoms with Gasteiger partial charge in [0, 0.05) is 23.2 Å². The van der Waals surface area contributed by atoms with Crippen LogP contribution < -0.4 is 15.6 Å². The zero-order valence-corrected chi connectivity index (χ0v) is 17.1. The fourth-order valence-corrected chi connectivity index (χ4v) is 3.03. The van der Waals surface area contributed by atoms with Crippen LogP contribution in [0.2, 0.25) is 5.02 Å². The van der Waals surface area contributed by atoms with Crippen molar-refractivity contribution < 1.29 is 9.53 Å². The Morgan fingerprint density at radius 2 is 1.76 bits per heavy atom. The van der Waals surface area contributed by atoms with Crippen molar-refractivity contribution in [3.63, 3.8) is 0 Å². The van der Waals surface area contributed by atoms with Crippen molar-refractivity contribution in [2.24, 2.45) is 0 Å². The van der Waals surface area contributed by atoms with Crippen LogP contribution in [0.5, 0.6) is 5.75 Å². The molecule has 2 aromatic carbocycles. The van der Waals surface area contributed by atoms with E-state index in [0.29, 0.717) is 10.7 Å². The van der Waals surface area contributed by atoms with Gasteiger partial charge in [-0.25, -0.2) is 4.68 Å². The molecular formula is C22H22ClN3O3. The maximum atomic E-state index is 12.1. The van der Waals surface area contributed by atoms with E-state index < -0.39 is 0 Å². The minimum absolute atomic E-state index is 0.0845. The molecule has 150 valence electrons. The highest BCUT2D eigenvalue weighted by molar-refractivity contribution is 6.30. The van der Waals surface area contributed by atoms with Gasteiger partial charge in [-0.05, 0) is 43.2 Å². The summed E-state index contributed by atoms with van der Waals surface area (Å²) in [6.45, 7) is 4.32. The number of hydrogen-bond donors (Lipinski definition) is 1. The number of amides is 1. The Bertz CT molecular complexity index is 1040. The average molecular weight is 412 g/mol. The molecule has 6 nitrogen and oxygen atoms in total. The minimum Gasteiger partial charge on any atom is -0.483 e. The number of nitrogens with zero attached hydrogens (tertiary/aromatic N) is 2. The number of benzene rings is 2. The summed E-state index contributed by atoms with van der Waals surface area (Å²) < 4.78 is 6.97. The Balaban J connectivity index is 1.56. The van der Waals surface area contributed by atoms with Gasteiger partial charge in [0.15, 0.2) is 6.61 Å². The molecule has 0 aliphatic carbocycles.